The summed E-state index contributed by atoms with van der Waals surface area (Å²) in [4.78, 5) is 4.70. The highest BCUT2D eigenvalue weighted by Crippen LogP contribution is 2.28. The van der Waals surface area contributed by atoms with Crippen molar-refractivity contribution in [1.82, 2.24) is 24.5 Å². The second-order valence-electron chi connectivity index (χ2n) is 5.78. The van der Waals surface area contributed by atoms with E-state index in [4.69, 9.17) is 19.2 Å². The van der Waals surface area contributed by atoms with E-state index >= 15 is 0 Å². The molecular weight excluding hydrogens is 334 g/mol. The summed E-state index contributed by atoms with van der Waals surface area (Å²) in [6.45, 7) is 0.576. The fourth-order valence-corrected chi connectivity index (χ4v) is 2.75. The average molecular weight is 357 g/mol. The zero-order valence-corrected chi connectivity index (χ0v) is 15.5. The number of rotatable bonds is 8. The number of nitrogens with zero attached hydrogens (tertiary/aromatic N) is 5. The first-order valence-corrected chi connectivity index (χ1v) is 8.29. The van der Waals surface area contributed by atoms with Crippen LogP contribution in [-0.4, -0.2) is 52.5 Å². The molecule has 3 aromatic rings. The summed E-state index contributed by atoms with van der Waals surface area (Å²) in [6.07, 6.45) is 3.00. The third-order valence-electron chi connectivity index (χ3n) is 4.07. The zero-order chi connectivity index (χ0) is 18.5. The number of aryl methyl sites for hydroxylation is 1. The minimum atomic E-state index is 0.576. The van der Waals surface area contributed by atoms with Gasteiger partial charge >= 0.3 is 0 Å². The Kier molecular flexibility index (Phi) is 5.52. The molecule has 26 heavy (non-hydrogen) atoms. The Bertz CT molecular complexity index is 872. The van der Waals surface area contributed by atoms with Crippen molar-refractivity contribution in [1.29, 1.82) is 0 Å². The van der Waals surface area contributed by atoms with E-state index in [9.17, 15) is 0 Å². The van der Waals surface area contributed by atoms with Crippen molar-refractivity contribution in [2.24, 2.45) is 7.05 Å². The van der Waals surface area contributed by atoms with Crippen molar-refractivity contribution in [3.63, 3.8) is 0 Å². The number of methoxy groups -OCH3 is 3. The molecule has 0 aliphatic heterocycles. The number of aromatic nitrogens is 5. The van der Waals surface area contributed by atoms with E-state index in [1.54, 1.807) is 32.2 Å². The van der Waals surface area contributed by atoms with Crippen LogP contribution in [0.15, 0.2) is 30.5 Å². The number of hydrogen-bond donors (Lipinski definition) is 0. The van der Waals surface area contributed by atoms with Crippen LogP contribution in [0.1, 0.15) is 17.2 Å². The van der Waals surface area contributed by atoms with Crippen LogP contribution in [0, 0.1) is 0 Å². The smallest absolute Gasteiger partial charge is 0.161 e. The number of benzene rings is 1. The summed E-state index contributed by atoms with van der Waals surface area (Å²) in [7, 11) is 6.80. The molecule has 0 spiro atoms. The summed E-state index contributed by atoms with van der Waals surface area (Å²) >= 11 is 0. The average Bonchev–Trinajstić information content (AvgIpc) is 3.25. The van der Waals surface area contributed by atoms with Crippen LogP contribution in [-0.2, 0) is 24.6 Å². The van der Waals surface area contributed by atoms with Gasteiger partial charge in [-0.3, -0.25) is 4.68 Å². The SMILES string of the molecule is COCCc1nc(Cc2ccc(OC)c(OC)c2)nn1-c1ccnn1C. The fourth-order valence-electron chi connectivity index (χ4n) is 2.75. The van der Waals surface area contributed by atoms with E-state index in [1.165, 1.54) is 0 Å². The molecule has 0 saturated heterocycles. The van der Waals surface area contributed by atoms with E-state index in [0.29, 0.717) is 30.9 Å². The summed E-state index contributed by atoms with van der Waals surface area (Å²) in [5.74, 6) is 3.82. The van der Waals surface area contributed by atoms with Gasteiger partial charge in [0.1, 0.15) is 5.82 Å². The van der Waals surface area contributed by atoms with Crippen molar-refractivity contribution in [2.45, 2.75) is 12.8 Å². The van der Waals surface area contributed by atoms with Crippen molar-refractivity contribution in [3.8, 4) is 17.3 Å². The Morgan fingerprint density at radius 1 is 1.04 bits per heavy atom. The largest absolute Gasteiger partial charge is 0.493 e. The van der Waals surface area contributed by atoms with Gasteiger partial charge in [-0.15, -0.1) is 5.10 Å². The van der Waals surface area contributed by atoms with E-state index in [-0.39, 0.29) is 0 Å². The van der Waals surface area contributed by atoms with Gasteiger partial charge in [-0.2, -0.15) is 9.78 Å². The lowest BCUT2D eigenvalue weighted by Crippen LogP contribution is -2.10. The van der Waals surface area contributed by atoms with Gasteiger partial charge in [0, 0.05) is 33.1 Å². The number of ether oxygens (including phenoxy) is 3. The van der Waals surface area contributed by atoms with Gasteiger partial charge in [0.15, 0.2) is 23.1 Å². The highest BCUT2D eigenvalue weighted by molar-refractivity contribution is 5.43. The summed E-state index contributed by atoms with van der Waals surface area (Å²) in [6, 6.07) is 7.72. The predicted molar refractivity (Wildman–Crippen MR) is 96.1 cm³/mol. The Morgan fingerprint density at radius 3 is 2.50 bits per heavy atom. The van der Waals surface area contributed by atoms with Crippen molar-refractivity contribution >= 4 is 0 Å². The highest BCUT2D eigenvalue weighted by Gasteiger charge is 2.15. The van der Waals surface area contributed by atoms with Crippen LogP contribution in [0.5, 0.6) is 11.5 Å². The molecule has 0 atom stereocenters. The van der Waals surface area contributed by atoms with Crippen LogP contribution < -0.4 is 9.47 Å². The van der Waals surface area contributed by atoms with Gasteiger partial charge in [0.25, 0.3) is 0 Å². The molecule has 0 saturated carbocycles. The Balaban J connectivity index is 1.91. The maximum Gasteiger partial charge on any atom is 0.161 e. The lowest BCUT2D eigenvalue weighted by Gasteiger charge is -2.08. The summed E-state index contributed by atoms with van der Waals surface area (Å²) in [5, 5.41) is 8.89. The highest BCUT2D eigenvalue weighted by atomic mass is 16.5. The number of hydrogen-bond acceptors (Lipinski definition) is 6. The molecule has 0 aliphatic rings. The van der Waals surface area contributed by atoms with Gasteiger partial charge < -0.3 is 14.2 Å². The summed E-state index contributed by atoms with van der Waals surface area (Å²) in [5.41, 5.74) is 1.04. The third-order valence-corrected chi connectivity index (χ3v) is 4.07. The molecule has 0 radical (unpaired) electrons. The van der Waals surface area contributed by atoms with Crippen molar-refractivity contribution in [3.05, 3.63) is 47.7 Å². The van der Waals surface area contributed by atoms with Crippen LogP contribution in [0.3, 0.4) is 0 Å². The first-order valence-electron chi connectivity index (χ1n) is 8.29. The molecule has 0 aliphatic carbocycles. The van der Waals surface area contributed by atoms with Gasteiger partial charge in [-0.05, 0) is 17.7 Å². The maximum absolute atomic E-state index is 5.37. The monoisotopic (exact) mass is 357 g/mol. The molecule has 138 valence electrons. The second kappa shape index (κ2) is 8.01. The molecule has 2 heterocycles. The van der Waals surface area contributed by atoms with Gasteiger partial charge in [0.05, 0.1) is 27.0 Å². The van der Waals surface area contributed by atoms with Gasteiger partial charge in [-0.25, -0.2) is 4.98 Å². The first kappa shape index (κ1) is 17.9. The van der Waals surface area contributed by atoms with E-state index < -0.39 is 0 Å². The topological polar surface area (TPSA) is 76.2 Å². The minimum absolute atomic E-state index is 0.576. The quantitative estimate of drug-likeness (QED) is 0.612. The van der Waals surface area contributed by atoms with E-state index in [0.717, 1.165) is 23.0 Å². The Labute approximate surface area is 152 Å². The maximum atomic E-state index is 5.37. The molecule has 0 amide bonds. The minimum Gasteiger partial charge on any atom is -0.493 e. The standard InChI is InChI=1S/C18H23N5O3/c1-22-18(7-9-19-22)23-17(8-10-24-2)20-16(21-23)12-13-5-6-14(25-3)15(11-13)26-4/h5-7,9,11H,8,10,12H2,1-4H3. The lowest BCUT2D eigenvalue weighted by molar-refractivity contribution is 0.200. The molecule has 0 fully saturated rings. The molecule has 3 rings (SSSR count). The van der Waals surface area contributed by atoms with E-state index in [2.05, 4.69) is 10.2 Å². The Hall–Kier alpha value is -2.87. The molecule has 1 aromatic carbocycles. The molecular formula is C18H23N5O3. The molecule has 2 aromatic heterocycles. The normalized spacial score (nSPS) is 10.9. The molecule has 0 unspecified atom stereocenters. The Morgan fingerprint density at radius 2 is 1.85 bits per heavy atom. The molecule has 0 N–H and O–H groups in total. The van der Waals surface area contributed by atoms with Crippen LogP contribution in [0.4, 0.5) is 0 Å². The predicted octanol–water partition coefficient (Wildman–Crippen LogP) is 1.80. The summed E-state index contributed by atoms with van der Waals surface area (Å²) < 4.78 is 19.4. The van der Waals surface area contributed by atoms with Gasteiger partial charge in [0.2, 0.25) is 0 Å². The molecule has 8 heteroatoms. The van der Waals surface area contributed by atoms with Gasteiger partial charge in [-0.1, -0.05) is 6.07 Å². The first-order chi connectivity index (χ1) is 12.7. The van der Waals surface area contributed by atoms with Crippen molar-refractivity contribution in [2.75, 3.05) is 27.9 Å². The second-order valence-corrected chi connectivity index (χ2v) is 5.78. The van der Waals surface area contributed by atoms with Crippen LogP contribution >= 0.6 is 0 Å². The van der Waals surface area contributed by atoms with Crippen LogP contribution in [0.25, 0.3) is 5.82 Å². The fraction of sp³-hybridized carbons (Fsp3) is 0.389. The van der Waals surface area contributed by atoms with E-state index in [1.807, 2.05) is 36.0 Å². The van der Waals surface area contributed by atoms with Crippen LogP contribution in [0.2, 0.25) is 0 Å². The third kappa shape index (κ3) is 3.70. The van der Waals surface area contributed by atoms with Crippen molar-refractivity contribution < 1.29 is 14.2 Å². The lowest BCUT2D eigenvalue weighted by atomic mass is 10.1. The molecule has 0 bridgehead atoms. The zero-order valence-electron chi connectivity index (χ0n) is 15.5. The molecule has 8 nitrogen and oxygen atoms in total.